The number of carbonyl (C=O) groups excluding carboxylic acids is 5. The van der Waals surface area contributed by atoms with Crippen molar-refractivity contribution in [1.82, 2.24) is 20.5 Å². The average Bonchev–Trinajstić information content (AvgIpc) is 3.52. The molecule has 1 saturated heterocycles. The number of nitrogens with one attached hydrogen (secondary N) is 3. The molecule has 0 bridgehead atoms. The summed E-state index contributed by atoms with van der Waals surface area (Å²) in [6.07, 6.45) is 1.65. The van der Waals surface area contributed by atoms with Crippen LogP contribution >= 0.6 is 0 Å². The number of aliphatic carboxylic acids is 1. The van der Waals surface area contributed by atoms with Crippen molar-refractivity contribution >= 4 is 46.4 Å². The van der Waals surface area contributed by atoms with Gasteiger partial charge in [-0.25, -0.2) is 4.79 Å². The average molecular weight is 544 g/mol. The van der Waals surface area contributed by atoms with E-state index in [9.17, 15) is 33.9 Å². The zero-order valence-corrected chi connectivity index (χ0v) is 21.2. The molecule has 2 heterocycles. The number of hydrogen-bond donors (Lipinski definition) is 7. The van der Waals surface area contributed by atoms with E-state index < -0.39 is 66.1 Å². The van der Waals surface area contributed by atoms with Crippen LogP contribution in [0.4, 0.5) is 0 Å². The first-order valence-electron chi connectivity index (χ1n) is 12.5. The molecule has 10 N–H and O–H groups in total. The van der Waals surface area contributed by atoms with Gasteiger partial charge in [0.15, 0.2) is 0 Å². The molecule has 1 fully saturated rings. The third-order valence-electron chi connectivity index (χ3n) is 6.60. The van der Waals surface area contributed by atoms with Crippen molar-refractivity contribution in [2.75, 3.05) is 6.54 Å². The Labute approximate surface area is 223 Å². The number of fused-ring (bicyclic) bond motifs is 1. The molecule has 14 nitrogen and oxygen atoms in total. The molecule has 1 aromatic heterocycles. The fourth-order valence-electron chi connectivity index (χ4n) is 4.64. The SMILES string of the molecule is NC(=O)CCC(NC(=O)C(CC(N)=O)NC(=O)C1CCCN1C(=O)C(N)Cc1c[nH]c2ccccc12)C(=O)O. The van der Waals surface area contributed by atoms with E-state index in [0.717, 1.165) is 16.5 Å². The van der Waals surface area contributed by atoms with Gasteiger partial charge in [-0.15, -0.1) is 0 Å². The van der Waals surface area contributed by atoms with Gasteiger partial charge in [0.25, 0.3) is 0 Å². The lowest BCUT2D eigenvalue weighted by atomic mass is 10.0. The molecular weight excluding hydrogens is 510 g/mol. The lowest BCUT2D eigenvalue weighted by molar-refractivity contribution is -0.143. The number of aromatic amines is 1. The number of rotatable bonds is 13. The Balaban J connectivity index is 1.67. The lowest BCUT2D eigenvalue weighted by Gasteiger charge is -2.28. The minimum Gasteiger partial charge on any atom is -0.480 e. The smallest absolute Gasteiger partial charge is 0.326 e. The van der Waals surface area contributed by atoms with Crippen LogP contribution in [0.3, 0.4) is 0 Å². The predicted molar refractivity (Wildman–Crippen MR) is 138 cm³/mol. The summed E-state index contributed by atoms with van der Waals surface area (Å²) in [5, 5.41) is 14.9. The Bertz CT molecular complexity index is 1260. The Morgan fingerprint density at radius 1 is 1.05 bits per heavy atom. The summed E-state index contributed by atoms with van der Waals surface area (Å²) in [5.41, 5.74) is 18.3. The van der Waals surface area contributed by atoms with Gasteiger partial charge in [-0.1, -0.05) is 18.2 Å². The van der Waals surface area contributed by atoms with Gasteiger partial charge < -0.3 is 42.8 Å². The van der Waals surface area contributed by atoms with Gasteiger partial charge in [0.2, 0.25) is 29.5 Å². The van der Waals surface area contributed by atoms with E-state index in [1.165, 1.54) is 4.90 Å². The fraction of sp³-hybridized carbons (Fsp3) is 0.440. The zero-order valence-electron chi connectivity index (χ0n) is 21.2. The third kappa shape index (κ3) is 7.54. The second-order valence-corrected chi connectivity index (χ2v) is 9.50. The molecule has 39 heavy (non-hydrogen) atoms. The number of hydrogen-bond acceptors (Lipinski definition) is 7. The van der Waals surface area contributed by atoms with Gasteiger partial charge in [-0.3, -0.25) is 24.0 Å². The monoisotopic (exact) mass is 543 g/mol. The van der Waals surface area contributed by atoms with Crippen LogP contribution in [0.5, 0.6) is 0 Å². The number of primary amides is 2. The number of carboxylic acids is 1. The maximum absolute atomic E-state index is 13.2. The minimum absolute atomic E-state index is 0.238. The van der Waals surface area contributed by atoms with Gasteiger partial charge in [-0.2, -0.15) is 0 Å². The number of aromatic nitrogens is 1. The van der Waals surface area contributed by atoms with Crippen molar-refractivity contribution in [1.29, 1.82) is 0 Å². The zero-order chi connectivity index (χ0) is 28.7. The van der Waals surface area contributed by atoms with Gasteiger partial charge in [0.1, 0.15) is 18.1 Å². The van der Waals surface area contributed by atoms with Crippen LogP contribution in [0.2, 0.25) is 0 Å². The normalized spacial score (nSPS) is 17.3. The highest BCUT2D eigenvalue weighted by Gasteiger charge is 2.38. The molecule has 210 valence electrons. The number of nitrogens with zero attached hydrogens (tertiary/aromatic N) is 1. The van der Waals surface area contributed by atoms with Gasteiger partial charge >= 0.3 is 5.97 Å². The molecule has 1 aromatic carbocycles. The summed E-state index contributed by atoms with van der Waals surface area (Å²) in [6, 6.07) is 2.73. The molecule has 3 rings (SSSR count). The number of carboxylic acid groups (broad SMARTS) is 1. The number of amides is 5. The van der Waals surface area contributed by atoms with Crippen LogP contribution < -0.4 is 27.8 Å². The predicted octanol–water partition coefficient (Wildman–Crippen LogP) is -1.78. The minimum atomic E-state index is -1.50. The van der Waals surface area contributed by atoms with Crippen LogP contribution in [0.25, 0.3) is 10.9 Å². The quantitative estimate of drug-likeness (QED) is 0.152. The summed E-state index contributed by atoms with van der Waals surface area (Å²) in [4.78, 5) is 77.7. The van der Waals surface area contributed by atoms with E-state index in [1.807, 2.05) is 24.3 Å². The third-order valence-corrected chi connectivity index (χ3v) is 6.60. The molecule has 0 aliphatic carbocycles. The summed E-state index contributed by atoms with van der Waals surface area (Å²) in [6.45, 7) is 0.277. The van der Waals surface area contributed by atoms with Crippen LogP contribution in [-0.4, -0.2) is 81.2 Å². The summed E-state index contributed by atoms with van der Waals surface area (Å²) in [7, 11) is 0. The number of nitrogens with two attached hydrogens (primary N) is 3. The molecule has 4 atom stereocenters. The maximum atomic E-state index is 13.2. The molecule has 14 heteroatoms. The molecule has 0 saturated carbocycles. The van der Waals surface area contributed by atoms with Gasteiger partial charge in [0, 0.05) is 30.1 Å². The van der Waals surface area contributed by atoms with E-state index >= 15 is 0 Å². The van der Waals surface area contributed by atoms with E-state index in [-0.39, 0.29) is 25.8 Å². The lowest BCUT2D eigenvalue weighted by Crippen LogP contribution is -2.57. The van der Waals surface area contributed by atoms with Crippen LogP contribution in [-0.2, 0) is 35.2 Å². The van der Waals surface area contributed by atoms with Crippen molar-refractivity contribution in [3.05, 3.63) is 36.0 Å². The number of likely N-dealkylation sites (tertiary alicyclic amines) is 1. The van der Waals surface area contributed by atoms with E-state index in [2.05, 4.69) is 15.6 Å². The van der Waals surface area contributed by atoms with Crippen LogP contribution in [0.15, 0.2) is 30.5 Å². The molecule has 2 aromatic rings. The van der Waals surface area contributed by atoms with E-state index in [4.69, 9.17) is 17.2 Å². The Hall–Kier alpha value is -4.46. The highest BCUT2D eigenvalue weighted by atomic mass is 16.4. The van der Waals surface area contributed by atoms with Gasteiger partial charge in [-0.05, 0) is 37.3 Å². The van der Waals surface area contributed by atoms with E-state index in [0.29, 0.717) is 12.8 Å². The molecule has 4 unspecified atom stereocenters. The standard InChI is InChI=1S/C25H33N7O7/c26-15(10-13-12-29-16-5-2-1-4-14(13)16)24(37)32-9-3-6-19(32)23(36)31-18(11-21(28)34)22(35)30-17(25(38)39)7-8-20(27)33/h1-2,4-5,12,15,17-19,29H,3,6-11,26H2,(H2,27,33)(H2,28,34)(H,30,35)(H,31,36)(H,38,39). The van der Waals surface area contributed by atoms with Gasteiger partial charge in [0.05, 0.1) is 12.5 Å². The molecule has 1 aliphatic rings. The number of carbonyl (C=O) groups is 6. The second kappa shape index (κ2) is 12.9. The number of H-pyrrole nitrogens is 1. The maximum Gasteiger partial charge on any atom is 0.326 e. The largest absolute Gasteiger partial charge is 0.480 e. The number of benzene rings is 1. The topological polar surface area (TPSA) is 244 Å². The summed E-state index contributed by atoms with van der Waals surface area (Å²) >= 11 is 0. The Kier molecular flexibility index (Phi) is 9.60. The molecule has 5 amide bonds. The highest BCUT2D eigenvalue weighted by molar-refractivity contribution is 5.96. The second-order valence-electron chi connectivity index (χ2n) is 9.50. The molecule has 0 spiro atoms. The Morgan fingerprint density at radius 3 is 2.44 bits per heavy atom. The van der Waals surface area contributed by atoms with Crippen molar-refractivity contribution in [2.45, 2.75) is 62.7 Å². The summed E-state index contributed by atoms with van der Waals surface area (Å²) < 4.78 is 0. The van der Waals surface area contributed by atoms with Crippen molar-refractivity contribution in [2.24, 2.45) is 17.2 Å². The summed E-state index contributed by atoms with van der Waals surface area (Å²) in [5.74, 6) is -5.22. The van der Waals surface area contributed by atoms with Crippen molar-refractivity contribution in [3.63, 3.8) is 0 Å². The molecule has 1 aliphatic heterocycles. The molecular formula is C25H33N7O7. The first-order valence-corrected chi connectivity index (χ1v) is 12.5. The van der Waals surface area contributed by atoms with Crippen molar-refractivity contribution < 1.29 is 33.9 Å². The van der Waals surface area contributed by atoms with Crippen LogP contribution in [0, 0.1) is 0 Å². The number of para-hydroxylation sites is 1. The Morgan fingerprint density at radius 2 is 1.77 bits per heavy atom. The first-order chi connectivity index (χ1) is 18.5. The van der Waals surface area contributed by atoms with Crippen molar-refractivity contribution in [3.8, 4) is 0 Å². The highest BCUT2D eigenvalue weighted by Crippen LogP contribution is 2.22. The molecule has 0 radical (unpaired) electrons. The van der Waals surface area contributed by atoms with Crippen LogP contribution in [0.1, 0.15) is 37.7 Å². The fourth-order valence-corrected chi connectivity index (χ4v) is 4.64. The van der Waals surface area contributed by atoms with E-state index in [1.54, 1.807) is 6.20 Å². The first kappa shape index (κ1) is 29.1.